The molecular weight excluding hydrogens is 338 g/mol. The minimum atomic E-state index is -0.658. The van der Waals surface area contributed by atoms with Crippen molar-refractivity contribution in [1.29, 1.82) is 0 Å². The molecule has 4 atom stereocenters. The summed E-state index contributed by atoms with van der Waals surface area (Å²) < 4.78 is 27.0. The monoisotopic (exact) mass is 362 g/mol. The lowest BCUT2D eigenvalue weighted by Gasteiger charge is -2.27. The molecule has 1 aromatic carbocycles. The first-order chi connectivity index (χ1) is 12.5. The van der Waals surface area contributed by atoms with Crippen molar-refractivity contribution >= 4 is 11.8 Å². The first-order valence-electron chi connectivity index (χ1n) is 9.52. The van der Waals surface area contributed by atoms with Crippen LogP contribution in [0, 0.1) is 23.5 Å². The maximum absolute atomic E-state index is 13.9. The van der Waals surface area contributed by atoms with Crippen LogP contribution >= 0.6 is 0 Å². The SMILES string of the molecule is O=C(CC1CCC(=O)N1Cc1ccc(F)cc1F)NC1CC2CCC1C2. The fourth-order valence-corrected chi connectivity index (χ4v) is 4.96. The first kappa shape index (κ1) is 17.4. The summed E-state index contributed by atoms with van der Waals surface area (Å²) in [5, 5.41) is 3.15. The fraction of sp³-hybridized carbons (Fsp3) is 0.600. The summed E-state index contributed by atoms with van der Waals surface area (Å²) in [6.07, 6.45) is 6.01. The standard InChI is InChI=1S/C20H24F2N2O2/c21-15-4-3-14(17(22)9-15)11-24-16(5-6-20(24)26)10-19(25)23-18-8-12-1-2-13(18)7-12/h3-4,9,12-13,16,18H,1-2,5-8,10-11H2,(H,23,25). The third kappa shape index (κ3) is 3.46. The van der Waals surface area contributed by atoms with E-state index in [1.54, 1.807) is 4.90 Å². The molecule has 0 spiro atoms. The second kappa shape index (κ2) is 6.97. The summed E-state index contributed by atoms with van der Waals surface area (Å²) in [6.45, 7) is 0.0804. The number of carbonyl (C=O) groups is 2. The molecule has 1 N–H and O–H groups in total. The Kier molecular flexibility index (Phi) is 4.67. The largest absolute Gasteiger partial charge is 0.353 e. The highest BCUT2D eigenvalue weighted by atomic mass is 19.1. The number of nitrogens with zero attached hydrogens (tertiary/aromatic N) is 1. The summed E-state index contributed by atoms with van der Waals surface area (Å²) in [4.78, 5) is 26.2. The van der Waals surface area contributed by atoms with Gasteiger partial charge in [-0.05, 0) is 43.6 Å². The quantitative estimate of drug-likeness (QED) is 0.875. The van der Waals surface area contributed by atoms with E-state index in [9.17, 15) is 18.4 Å². The van der Waals surface area contributed by atoms with Gasteiger partial charge in [0.25, 0.3) is 0 Å². The molecular formula is C20H24F2N2O2. The van der Waals surface area contributed by atoms with Gasteiger partial charge in [0.1, 0.15) is 11.6 Å². The predicted octanol–water partition coefficient (Wildman–Crippen LogP) is 3.15. The van der Waals surface area contributed by atoms with E-state index in [-0.39, 0.29) is 42.4 Å². The van der Waals surface area contributed by atoms with Gasteiger partial charge in [0.2, 0.25) is 11.8 Å². The van der Waals surface area contributed by atoms with Gasteiger partial charge in [-0.15, -0.1) is 0 Å². The average molecular weight is 362 g/mol. The van der Waals surface area contributed by atoms with E-state index >= 15 is 0 Å². The van der Waals surface area contributed by atoms with Crippen molar-refractivity contribution in [2.24, 2.45) is 11.8 Å². The lowest BCUT2D eigenvalue weighted by Crippen LogP contribution is -2.42. The Hall–Kier alpha value is -1.98. The molecule has 4 unspecified atom stereocenters. The van der Waals surface area contributed by atoms with Gasteiger partial charge in [0.15, 0.2) is 0 Å². The van der Waals surface area contributed by atoms with Crippen LogP contribution < -0.4 is 5.32 Å². The summed E-state index contributed by atoms with van der Waals surface area (Å²) in [5.41, 5.74) is 0.278. The summed E-state index contributed by atoms with van der Waals surface area (Å²) in [6, 6.07) is 3.44. The van der Waals surface area contributed by atoms with Gasteiger partial charge in [0, 0.05) is 43.1 Å². The zero-order valence-corrected chi connectivity index (χ0v) is 14.7. The van der Waals surface area contributed by atoms with Crippen molar-refractivity contribution < 1.29 is 18.4 Å². The molecule has 26 heavy (non-hydrogen) atoms. The Balaban J connectivity index is 1.37. The molecule has 1 heterocycles. The molecule has 1 aromatic rings. The van der Waals surface area contributed by atoms with Crippen LogP contribution in [0.2, 0.25) is 0 Å². The van der Waals surface area contributed by atoms with E-state index in [1.807, 2.05) is 0 Å². The minimum Gasteiger partial charge on any atom is -0.353 e. The molecule has 2 amide bonds. The molecule has 2 saturated carbocycles. The van der Waals surface area contributed by atoms with Crippen molar-refractivity contribution in [3.8, 4) is 0 Å². The van der Waals surface area contributed by atoms with E-state index in [4.69, 9.17) is 0 Å². The molecule has 6 heteroatoms. The number of carbonyl (C=O) groups excluding carboxylic acids is 2. The third-order valence-electron chi connectivity index (χ3n) is 6.31. The van der Waals surface area contributed by atoms with Crippen LogP contribution in [-0.4, -0.2) is 28.8 Å². The highest BCUT2D eigenvalue weighted by molar-refractivity contribution is 5.82. The van der Waals surface area contributed by atoms with E-state index in [0.717, 1.165) is 18.4 Å². The Morgan fingerprint density at radius 3 is 2.73 bits per heavy atom. The molecule has 3 fully saturated rings. The molecule has 3 aliphatic rings. The van der Waals surface area contributed by atoms with Crippen LogP contribution in [0.15, 0.2) is 18.2 Å². The molecule has 140 valence electrons. The molecule has 1 saturated heterocycles. The number of likely N-dealkylation sites (tertiary alicyclic amines) is 1. The normalized spacial score (nSPS) is 30.2. The van der Waals surface area contributed by atoms with Crippen molar-refractivity contribution in [3.63, 3.8) is 0 Å². The first-order valence-corrected chi connectivity index (χ1v) is 9.52. The number of amides is 2. The van der Waals surface area contributed by atoms with E-state index in [0.29, 0.717) is 18.8 Å². The Morgan fingerprint density at radius 2 is 2.04 bits per heavy atom. The number of benzene rings is 1. The molecule has 2 aliphatic carbocycles. The predicted molar refractivity (Wildman–Crippen MR) is 91.9 cm³/mol. The zero-order chi connectivity index (χ0) is 18.3. The topological polar surface area (TPSA) is 49.4 Å². The second-order valence-corrected chi connectivity index (χ2v) is 8.00. The lowest BCUT2D eigenvalue weighted by molar-refractivity contribution is -0.130. The number of hydrogen-bond donors (Lipinski definition) is 1. The van der Waals surface area contributed by atoms with Crippen LogP contribution in [-0.2, 0) is 16.1 Å². The summed E-state index contributed by atoms with van der Waals surface area (Å²) in [7, 11) is 0. The van der Waals surface area contributed by atoms with Gasteiger partial charge in [-0.1, -0.05) is 12.5 Å². The highest BCUT2D eigenvalue weighted by Crippen LogP contribution is 2.44. The van der Waals surface area contributed by atoms with Gasteiger partial charge in [-0.3, -0.25) is 9.59 Å². The number of rotatable bonds is 5. The van der Waals surface area contributed by atoms with Crippen molar-refractivity contribution in [2.75, 3.05) is 0 Å². The van der Waals surface area contributed by atoms with Gasteiger partial charge in [-0.2, -0.15) is 0 Å². The van der Waals surface area contributed by atoms with Crippen LogP contribution in [0.25, 0.3) is 0 Å². The van der Waals surface area contributed by atoms with Crippen molar-refractivity contribution in [1.82, 2.24) is 10.2 Å². The van der Waals surface area contributed by atoms with Crippen LogP contribution in [0.3, 0.4) is 0 Å². The van der Waals surface area contributed by atoms with E-state index in [1.165, 1.54) is 31.4 Å². The van der Waals surface area contributed by atoms with Crippen LogP contribution in [0.4, 0.5) is 8.78 Å². The molecule has 4 nitrogen and oxygen atoms in total. The van der Waals surface area contributed by atoms with E-state index < -0.39 is 11.6 Å². The molecule has 2 bridgehead atoms. The molecule has 0 aromatic heterocycles. The highest BCUT2D eigenvalue weighted by Gasteiger charge is 2.41. The Morgan fingerprint density at radius 1 is 1.19 bits per heavy atom. The molecule has 0 radical (unpaired) electrons. The molecule has 1 aliphatic heterocycles. The smallest absolute Gasteiger partial charge is 0.223 e. The maximum atomic E-state index is 13.9. The van der Waals surface area contributed by atoms with Gasteiger partial charge in [0.05, 0.1) is 0 Å². The summed E-state index contributed by atoms with van der Waals surface area (Å²) >= 11 is 0. The number of fused-ring (bicyclic) bond motifs is 2. The fourth-order valence-electron chi connectivity index (χ4n) is 4.96. The second-order valence-electron chi connectivity index (χ2n) is 8.00. The van der Waals surface area contributed by atoms with Crippen molar-refractivity contribution in [2.45, 2.75) is 63.6 Å². The van der Waals surface area contributed by atoms with Crippen LogP contribution in [0.1, 0.15) is 50.5 Å². The third-order valence-corrected chi connectivity index (χ3v) is 6.31. The number of halogens is 2. The molecule has 4 rings (SSSR count). The van der Waals surface area contributed by atoms with Crippen molar-refractivity contribution in [3.05, 3.63) is 35.4 Å². The van der Waals surface area contributed by atoms with Crippen LogP contribution in [0.5, 0.6) is 0 Å². The lowest BCUT2D eigenvalue weighted by atomic mass is 9.95. The number of nitrogens with one attached hydrogen (secondary N) is 1. The van der Waals surface area contributed by atoms with Gasteiger partial charge in [-0.25, -0.2) is 8.78 Å². The zero-order valence-electron chi connectivity index (χ0n) is 14.7. The van der Waals surface area contributed by atoms with Gasteiger partial charge >= 0.3 is 0 Å². The number of hydrogen-bond acceptors (Lipinski definition) is 2. The Labute approximate surface area is 151 Å². The summed E-state index contributed by atoms with van der Waals surface area (Å²) in [5.74, 6) is -0.0242. The maximum Gasteiger partial charge on any atom is 0.223 e. The van der Waals surface area contributed by atoms with Gasteiger partial charge < -0.3 is 10.2 Å². The minimum absolute atomic E-state index is 0.0215. The Bertz CT molecular complexity index is 724. The van der Waals surface area contributed by atoms with E-state index in [2.05, 4.69) is 5.32 Å². The average Bonchev–Trinajstić information content (AvgIpc) is 3.28.